The zero-order valence-corrected chi connectivity index (χ0v) is 17.8. The fourth-order valence-electron chi connectivity index (χ4n) is 3.87. The molecule has 5 aromatic rings. The monoisotopic (exact) mass is 427 g/mol. The summed E-state index contributed by atoms with van der Waals surface area (Å²) in [5, 5.41) is 11.0. The van der Waals surface area contributed by atoms with E-state index in [-0.39, 0.29) is 11.7 Å². The first-order valence-corrected chi connectivity index (χ1v) is 10.4. The number of nitrogens with zero attached hydrogens (tertiary/aromatic N) is 3. The van der Waals surface area contributed by atoms with Crippen LogP contribution in [0.25, 0.3) is 16.9 Å². The van der Waals surface area contributed by atoms with Gasteiger partial charge in [-0.25, -0.2) is 14.4 Å². The molecule has 160 valence electrons. The van der Waals surface area contributed by atoms with E-state index in [9.17, 15) is 9.50 Å². The maximum atomic E-state index is 14.5. The molecule has 5 nitrogen and oxygen atoms in total. The van der Waals surface area contributed by atoms with Crippen molar-refractivity contribution in [3.8, 4) is 17.1 Å². The molecule has 0 saturated carbocycles. The smallest absolute Gasteiger partial charge is 0.219 e. The van der Waals surface area contributed by atoms with E-state index < -0.39 is 0 Å². The van der Waals surface area contributed by atoms with Crippen LogP contribution in [0.15, 0.2) is 71.3 Å². The lowest BCUT2D eigenvalue weighted by molar-refractivity contribution is 0.436. The Morgan fingerprint density at radius 2 is 1.69 bits per heavy atom. The quantitative estimate of drug-likeness (QED) is 0.395. The lowest BCUT2D eigenvalue weighted by Crippen LogP contribution is -2.01. The van der Waals surface area contributed by atoms with Crippen molar-refractivity contribution in [3.63, 3.8) is 0 Å². The summed E-state index contributed by atoms with van der Waals surface area (Å²) in [6, 6.07) is 18.3. The summed E-state index contributed by atoms with van der Waals surface area (Å²) in [6.45, 7) is 3.89. The summed E-state index contributed by atoms with van der Waals surface area (Å²) in [4.78, 5) is 9.45. The molecule has 2 aromatic carbocycles. The van der Waals surface area contributed by atoms with Crippen molar-refractivity contribution >= 4 is 5.65 Å². The molecule has 0 aliphatic heterocycles. The number of imidazole rings is 1. The Hall–Kier alpha value is -3.93. The van der Waals surface area contributed by atoms with Gasteiger partial charge in [0.2, 0.25) is 5.88 Å². The molecule has 0 bridgehead atoms. The number of rotatable bonds is 5. The molecule has 0 aliphatic rings. The molecule has 32 heavy (non-hydrogen) atoms. The van der Waals surface area contributed by atoms with Gasteiger partial charge in [0.25, 0.3) is 0 Å². The molecule has 5 rings (SSSR count). The van der Waals surface area contributed by atoms with Gasteiger partial charge in [-0.15, -0.1) is 0 Å². The molecule has 3 aromatic heterocycles. The summed E-state index contributed by atoms with van der Waals surface area (Å²) in [5.74, 6) is 1.20. The Kier molecular flexibility index (Phi) is 4.98. The van der Waals surface area contributed by atoms with Crippen LogP contribution >= 0.6 is 0 Å². The van der Waals surface area contributed by atoms with Crippen LogP contribution in [0.2, 0.25) is 0 Å². The first-order valence-electron chi connectivity index (χ1n) is 10.4. The van der Waals surface area contributed by atoms with E-state index in [1.807, 2.05) is 50.2 Å². The second-order valence-electron chi connectivity index (χ2n) is 7.92. The van der Waals surface area contributed by atoms with Crippen LogP contribution in [0.5, 0.6) is 5.88 Å². The minimum Gasteiger partial charge on any atom is -0.493 e. The van der Waals surface area contributed by atoms with Crippen molar-refractivity contribution < 1.29 is 13.9 Å². The van der Waals surface area contributed by atoms with E-state index in [0.717, 1.165) is 22.6 Å². The van der Waals surface area contributed by atoms with E-state index in [0.29, 0.717) is 41.1 Å². The minimum absolute atomic E-state index is 0.000932. The number of benzene rings is 2. The molecule has 0 unspecified atom stereocenters. The summed E-state index contributed by atoms with van der Waals surface area (Å²) in [7, 11) is 0. The normalized spacial score (nSPS) is 11.3. The van der Waals surface area contributed by atoms with Crippen LogP contribution in [-0.4, -0.2) is 19.5 Å². The molecule has 6 heteroatoms. The van der Waals surface area contributed by atoms with Crippen molar-refractivity contribution in [1.29, 1.82) is 0 Å². The summed E-state index contributed by atoms with van der Waals surface area (Å²) in [5.41, 5.74) is 4.60. The topological polar surface area (TPSA) is 63.6 Å². The fourth-order valence-corrected chi connectivity index (χ4v) is 3.87. The molecular formula is C26H22FN3O2. The fraction of sp³-hybridized carbons (Fsp3) is 0.154. The molecule has 0 radical (unpaired) electrons. The SMILES string of the molecule is Cc1cc(Cc2nc3c(Cc4ccccc4)nc(-c4ccccc4F)cn3c2O)oc1C. The van der Waals surface area contributed by atoms with E-state index in [1.54, 1.807) is 28.8 Å². The van der Waals surface area contributed by atoms with Crippen molar-refractivity contribution in [2.75, 3.05) is 0 Å². The molecule has 0 aliphatic carbocycles. The van der Waals surface area contributed by atoms with E-state index in [1.165, 1.54) is 6.07 Å². The number of aryl methyl sites for hydroxylation is 2. The summed E-state index contributed by atoms with van der Waals surface area (Å²) in [6.07, 6.45) is 2.48. The zero-order valence-electron chi connectivity index (χ0n) is 17.8. The second-order valence-corrected chi connectivity index (χ2v) is 7.92. The highest BCUT2D eigenvalue weighted by atomic mass is 19.1. The number of hydrogen-bond donors (Lipinski definition) is 1. The van der Waals surface area contributed by atoms with E-state index >= 15 is 0 Å². The van der Waals surface area contributed by atoms with Crippen LogP contribution in [0.3, 0.4) is 0 Å². The van der Waals surface area contributed by atoms with Gasteiger partial charge < -0.3 is 9.52 Å². The number of halogens is 1. The van der Waals surface area contributed by atoms with Gasteiger partial charge in [0.1, 0.15) is 23.0 Å². The predicted octanol–water partition coefficient (Wildman–Crippen LogP) is 5.63. The van der Waals surface area contributed by atoms with Gasteiger partial charge in [0.05, 0.1) is 17.8 Å². The van der Waals surface area contributed by atoms with Crippen LogP contribution < -0.4 is 0 Å². The summed E-state index contributed by atoms with van der Waals surface area (Å²) >= 11 is 0. The van der Waals surface area contributed by atoms with Crippen molar-refractivity contribution in [1.82, 2.24) is 14.4 Å². The van der Waals surface area contributed by atoms with Crippen LogP contribution in [0.1, 0.15) is 34.0 Å². The van der Waals surface area contributed by atoms with E-state index in [4.69, 9.17) is 14.4 Å². The van der Waals surface area contributed by atoms with Crippen LogP contribution in [0, 0.1) is 19.7 Å². The maximum Gasteiger partial charge on any atom is 0.219 e. The number of hydrogen-bond acceptors (Lipinski definition) is 4. The second kappa shape index (κ2) is 7.96. The van der Waals surface area contributed by atoms with Crippen molar-refractivity contribution in [2.24, 2.45) is 0 Å². The number of furan rings is 1. The van der Waals surface area contributed by atoms with Crippen molar-refractivity contribution in [3.05, 3.63) is 107 Å². The molecule has 3 heterocycles. The highest BCUT2D eigenvalue weighted by Gasteiger charge is 2.20. The Bertz CT molecular complexity index is 1400. The third-order valence-corrected chi connectivity index (χ3v) is 5.64. The molecule has 0 amide bonds. The van der Waals surface area contributed by atoms with Crippen LogP contribution in [0.4, 0.5) is 4.39 Å². The third-order valence-electron chi connectivity index (χ3n) is 5.64. The standard InChI is InChI=1S/C26H22FN3O2/c1-16-12-19(32-17(16)2)14-23-26(31)30-15-24(20-10-6-7-11-21(20)27)28-22(25(30)29-23)13-18-8-4-3-5-9-18/h3-12,15,31H,13-14H2,1-2H3. The van der Waals surface area contributed by atoms with Gasteiger partial charge in [0.15, 0.2) is 5.65 Å². The largest absolute Gasteiger partial charge is 0.493 e. The first-order chi connectivity index (χ1) is 15.5. The van der Waals surface area contributed by atoms with Gasteiger partial charge >= 0.3 is 0 Å². The van der Waals surface area contributed by atoms with Crippen LogP contribution in [-0.2, 0) is 12.8 Å². The molecule has 1 N–H and O–H groups in total. The molecule has 0 fully saturated rings. The van der Waals surface area contributed by atoms with Gasteiger partial charge in [-0.2, -0.15) is 0 Å². The maximum absolute atomic E-state index is 14.5. The Balaban J connectivity index is 1.66. The lowest BCUT2D eigenvalue weighted by atomic mass is 10.1. The van der Waals surface area contributed by atoms with Gasteiger partial charge in [-0.1, -0.05) is 42.5 Å². The molecule has 0 spiro atoms. The van der Waals surface area contributed by atoms with Gasteiger partial charge in [-0.05, 0) is 43.2 Å². The molecular weight excluding hydrogens is 405 g/mol. The zero-order chi connectivity index (χ0) is 22.2. The van der Waals surface area contributed by atoms with Gasteiger partial charge in [-0.3, -0.25) is 4.40 Å². The average molecular weight is 427 g/mol. The summed E-state index contributed by atoms with van der Waals surface area (Å²) < 4.78 is 21.9. The van der Waals surface area contributed by atoms with Crippen molar-refractivity contribution in [2.45, 2.75) is 26.7 Å². The molecule has 0 saturated heterocycles. The highest BCUT2D eigenvalue weighted by molar-refractivity contribution is 5.63. The number of fused-ring (bicyclic) bond motifs is 1. The highest BCUT2D eigenvalue weighted by Crippen LogP contribution is 2.29. The van der Waals surface area contributed by atoms with Gasteiger partial charge in [0, 0.05) is 18.2 Å². The predicted molar refractivity (Wildman–Crippen MR) is 120 cm³/mol. The Labute approximate surface area is 184 Å². The lowest BCUT2D eigenvalue weighted by Gasteiger charge is -2.09. The minimum atomic E-state index is -0.369. The Morgan fingerprint density at radius 1 is 0.938 bits per heavy atom. The number of aromatic nitrogens is 3. The third kappa shape index (κ3) is 3.64. The Morgan fingerprint density at radius 3 is 2.41 bits per heavy atom. The molecule has 0 atom stereocenters. The first kappa shape index (κ1) is 20.0. The average Bonchev–Trinajstić information content (AvgIpc) is 3.27. The number of aromatic hydroxyl groups is 1. The van der Waals surface area contributed by atoms with E-state index in [2.05, 4.69) is 0 Å².